The first-order chi connectivity index (χ1) is 16.6. The Labute approximate surface area is 196 Å². The normalized spacial score (nSPS) is 19.9. The highest BCUT2D eigenvalue weighted by atomic mass is 16.5. The summed E-state index contributed by atoms with van der Waals surface area (Å²) in [4.78, 5) is 34.1. The summed E-state index contributed by atoms with van der Waals surface area (Å²) in [5.41, 5.74) is 4.16. The number of rotatable bonds is 6. The van der Waals surface area contributed by atoms with E-state index in [4.69, 9.17) is 14.9 Å². The van der Waals surface area contributed by atoms with Crippen LogP contribution < -0.4 is 11.0 Å². The van der Waals surface area contributed by atoms with Crippen LogP contribution in [-0.4, -0.2) is 62.1 Å². The summed E-state index contributed by atoms with van der Waals surface area (Å²) in [6, 6.07) is 8.15. The highest BCUT2D eigenvalue weighted by Crippen LogP contribution is 2.28. The molecule has 10 nitrogen and oxygen atoms in total. The third-order valence-corrected chi connectivity index (χ3v) is 6.60. The lowest BCUT2D eigenvalue weighted by molar-refractivity contribution is -0.124. The number of hydrogen-bond acceptors (Lipinski definition) is 7. The highest BCUT2D eigenvalue weighted by Gasteiger charge is 2.27. The van der Waals surface area contributed by atoms with Crippen LogP contribution in [0, 0.1) is 0 Å². The van der Waals surface area contributed by atoms with Gasteiger partial charge in [0.25, 0.3) is 11.5 Å². The first-order valence-electron chi connectivity index (χ1n) is 11.6. The van der Waals surface area contributed by atoms with Crippen LogP contribution >= 0.6 is 0 Å². The number of ether oxygens (including phenoxy) is 1. The first kappa shape index (κ1) is 22.5. The fourth-order valence-electron chi connectivity index (χ4n) is 4.74. The lowest BCUT2D eigenvalue weighted by atomic mass is 10.1. The molecular formula is C24H28N6O4. The van der Waals surface area contributed by atoms with E-state index in [2.05, 4.69) is 15.0 Å². The molecule has 34 heavy (non-hydrogen) atoms. The maximum Gasteiger partial charge on any atom is 0.267 e. The van der Waals surface area contributed by atoms with E-state index >= 15 is 0 Å². The Bertz CT molecular complexity index is 1240. The van der Waals surface area contributed by atoms with Gasteiger partial charge in [-0.05, 0) is 43.0 Å². The summed E-state index contributed by atoms with van der Waals surface area (Å²) in [5.74, 6) is 0.332. The number of H-pyrrole nitrogens is 1. The number of amides is 1. The smallest absolute Gasteiger partial charge is 0.267 e. The van der Waals surface area contributed by atoms with E-state index in [1.807, 2.05) is 28.9 Å². The fraction of sp³-hybridized carbons (Fsp3) is 0.417. The Morgan fingerprint density at radius 3 is 2.79 bits per heavy atom. The number of nitrogens with one attached hydrogen (secondary N) is 2. The zero-order valence-corrected chi connectivity index (χ0v) is 18.8. The van der Waals surface area contributed by atoms with Crippen LogP contribution in [0.15, 0.2) is 41.3 Å². The molecule has 178 valence electrons. The number of carbonyl (C=O) groups excluding carboxylic acids is 1. The van der Waals surface area contributed by atoms with Gasteiger partial charge in [-0.15, -0.1) is 0 Å². The Morgan fingerprint density at radius 1 is 1.24 bits per heavy atom. The maximum atomic E-state index is 12.7. The summed E-state index contributed by atoms with van der Waals surface area (Å²) < 4.78 is 7.37. The van der Waals surface area contributed by atoms with Gasteiger partial charge in [0.2, 0.25) is 0 Å². The van der Waals surface area contributed by atoms with Crippen molar-refractivity contribution in [3.8, 4) is 0 Å². The summed E-state index contributed by atoms with van der Waals surface area (Å²) in [5, 5.41) is 13.6. The third-order valence-electron chi connectivity index (χ3n) is 6.60. The van der Waals surface area contributed by atoms with Crippen LogP contribution in [0.3, 0.4) is 0 Å². The van der Waals surface area contributed by atoms with Gasteiger partial charge in [0, 0.05) is 38.3 Å². The molecule has 1 amide bonds. The van der Waals surface area contributed by atoms with Gasteiger partial charge in [-0.25, -0.2) is 15.1 Å². The lowest BCUT2D eigenvalue weighted by Gasteiger charge is -2.22. The van der Waals surface area contributed by atoms with Crippen LogP contribution in [-0.2, 0) is 16.1 Å². The van der Waals surface area contributed by atoms with Gasteiger partial charge < -0.3 is 9.72 Å². The molecule has 0 saturated carbocycles. The van der Waals surface area contributed by atoms with Gasteiger partial charge in [-0.3, -0.25) is 19.7 Å². The molecule has 1 atom stereocenters. The number of fused-ring (bicyclic) bond motifs is 1. The summed E-state index contributed by atoms with van der Waals surface area (Å²) in [6.45, 7) is 3.94. The molecule has 3 N–H and O–H groups in total. The Balaban J connectivity index is 1.27. The minimum atomic E-state index is -0.562. The first-order valence-corrected chi connectivity index (χ1v) is 11.6. The number of benzene rings is 1. The molecule has 4 heterocycles. The van der Waals surface area contributed by atoms with Crippen LogP contribution in [0.4, 0.5) is 0 Å². The molecule has 0 spiro atoms. The predicted octanol–water partition coefficient (Wildman–Crippen LogP) is 1.98. The number of carbonyl (C=O) groups is 1. The van der Waals surface area contributed by atoms with Crippen molar-refractivity contribution < 1.29 is 14.7 Å². The standard InChI is InChI=1S/C24H28N6O4/c31-21(28-33)6-5-16-1-3-17(4-2-16)14-29-10-7-18(15-29)22-26-23-20(24(32)27-22)13-25-30(23)19-8-11-34-12-9-19/h1-6,13,18-19,33H,7-12,14-15H2,(H,28,31)(H,26,27,32). The van der Waals surface area contributed by atoms with Crippen LogP contribution in [0.1, 0.15) is 48.2 Å². The molecule has 10 heteroatoms. The summed E-state index contributed by atoms with van der Waals surface area (Å²) in [7, 11) is 0. The number of likely N-dealkylation sites (tertiary alicyclic amines) is 1. The zero-order chi connectivity index (χ0) is 23.5. The van der Waals surface area contributed by atoms with Crippen molar-refractivity contribution in [2.75, 3.05) is 26.3 Å². The monoisotopic (exact) mass is 464 g/mol. The van der Waals surface area contributed by atoms with Gasteiger partial charge in [0.1, 0.15) is 11.2 Å². The van der Waals surface area contributed by atoms with Crippen LogP contribution in [0.25, 0.3) is 17.1 Å². The van der Waals surface area contributed by atoms with Crippen molar-refractivity contribution in [1.82, 2.24) is 30.1 Å². The minimum Gasteiger partial charge on any atom is -0.381 e. The van der Waals surface area contributed by atoms with E-state index < -0.39 is 5.91 Å². The molecule has 3 aromatic rings. The van der Waals surface area contributed by atoms with Crippen molar-refractivity contribution in [3.63, 3.8) is 0 Å². The molecule has 1 unspecified atom stereocenters. The second-order valence-corrected chi connectivity index (χ2v) is 8.89. The quantitative estimate of drug-likeness (QED) is 0.289. The molecule has 2 fully saturated rings. The van der Waals surface area contributed by atoms with E-state index in [1.165, 1.54) is 11.6 Å². The zero-order valence-electron chi connectivity index (χ0n) is 18.8. The Kier molecular flexibility index (Phi) is 6.52. The molecule has 0 aliphatic carbocycles. The lowest BCUT2D eigenvalue weighted by Crippen LogP contribution is -2.23. The van der Waals surface area contributed by atoms with Crippen LogP contribution in [0.5, 0.6) is 0 Å². The molecular weight excluding hydrogens is 436 g/mol. The number of hydroxylamine groups is 1. The average Bonchev–Trinajstić information content (AvgIpc) is 3.51. The molecule has 1 aromatic carbocycles. The highest BCUT2D eigenvalue weighted by molar-refractivity contribution is 5.90. The van der Waals surface area contributed by atoms with Gasteiger partial charge in [-0.2, -0.15) is 5.10 Å². The number of aromatic amines is 1. The van der Waals surface area contributed by atoms with E-state index in [0.29, 0.717) is 24.2 Å². The fourth-order valence-corrected chi connectivity index (χ4v) is 4.74. The van der Waals surface area contributed by atoms with E-state index in [9.17, 15) is 9.59 Å². The van der Waals surface area contributed by atoms with Crippen LogP contribution in [0.2, 0.25) is 0 Å². The molecule has 0 radical (unpaired) electrons. The average molecular weight is 465 g/mol. The van der Waals surface area contributed by atoms with E-state index in [0.717, 1.165) is 50.3 Å². The Hall–Kier alpha value is -3.34. The van der Waals surface area contributed by atoms with E-state index in [1.54, 1.807) is 17.8 Å². The second kappa shape index (κ2) is 9.88. The van der Waals surface area contributed by atoms with Crippen molar-refractivity contribution in [1.29, 1.82) is 0 Å². The number of aromatic nitrogens is 4. The van der Waals surface area contributed by atoms with E-state index in [-0.39, 0.29) is 17.5 Å². The SMILES string of the molecule is O=C(C=Cc1ccc(CN2CCC(c3nc4c(cnn4C4CCOCC4)c(=O)[nH]3)C2)cc1)NO. The molecule has 5 rings (SSSR count). The van der Waals surface area contributed by atoms with Gasteiger partial charge in [0.15, 0.2) is 5.65 Å². The van der Waals surface area contributed by atoms with Crippen molar-refractivity contribution in [2.24, 2.45) is 0 Å². The largest absolute Gasteiger partial charge is 0.381 e. The molecule has 2 aromatic heterocycles. The molecule has 2 aliphatic heterocycles. The summed E-state index contributed by atoms with van der Waals surface area (Å²) >= 11 is 0. The Morgan fingerprint density at radius 2 is 2.03 bits per heavy atom. The van der Waals surface area contributed by atoms with Gasteiger partial charge >= 0.3 is 0 Å². The summed E-state index contributed by atoms with van der Waals surface area (Å²) in [6.07, 6.45) is 7.22. The van der Waals surface area contributed by atoms with Gasteiger partial charge in [-0.1, -0.05) is 24.3 Å². The van der Waals surface area contributed by atoms with Crippen molar-refractivity contribution >= 4 is 23.0 Å². The second-order valence-electron chi connectivity index (χ2n) is 8.89. The predicted molar refractivity (Wildman–Crippen MR) is 125 cm³/mol. The topological polar surface area (TPSA) is 125 Å². The molecule has 2 aliphatic rings. The van der Waals surface area contributed by atoms with Gasteiger partial charge in [0.05, 0.1) is 12.2 Å². The molecule has 2 saturated heterocycles. The maximum absolute atomic E-state index is 12.7. The molecule has 0 bridgehead atoms. The number of hydrogen-bond donors (Lipinski definition) is 3. The van der Waals surface area contributed by atoms with Crippen molar-refractivity contribution in [3.05, 3.63) is 63.8 Å². The minimum absolute atomic E-state index is 0.129. The number of nitrogens with zero attached hydrogens (tertiary/aromatic N) is 4. The van der Waals surface area contributed by atoms with Crippen molar-refractivity contribution in [2.45, 2.75) is 37.8 Å². The third kappa shape index (κ3) is 4.79.